The van der Waals surface area contributed by atoms with E-state index in [1.807, 2.05) is 0 Å². The van der Waals surface area contributed by atoms with Gasteiger partial charge in [-0.1, -0.05) is 6.92 Å². The summed E-state index contributed by atoms with van der Waals surface area (Å²) in [5.74, 6) is -5.41. The molecule has 0 spiro atoms. The molecule has 1 heterocycles. The lowest BCUT2D eigenvalue weighted by Gasteiger charge is -2.19. The van der Waals surface area contributed by atoms with Gasteiger partial charge in [-0.3, -0.25) is 4.21 Å². The summed E-state index contributed by atoms with van der Waals surface area (Å²) in [5, 5.41) is 17.8. The number of carboxylic acids is 2. The van der Waals surface area contributed by atoms with Gasteiger partial charge in [-0.05, 0) is 0 Å². The highest BCUT2D eigenvalue weighted by molar-refractivity contribution is 7.85. The van der Waals surface area contributed by atoms with Crippen molar-refractivity contribution in [1.29, 1.82) is 0 Å². The highest BCUT2D eigenvalue weighted by Crippen LogP contribution is 2.40. The number of aromatic nitrogens is 1. The molecule has 0 fully saturated rings. The Labute approximate surface area is 131 Å². The van der Waals surface area contributed by atoms with Crippen molar-refractivity contribution in [3.63, 3.8) is 0 Å². The third-order valence-electron chi connectivity index (χ3n) is 2.61. The van der Waals surface area contributed by atoms with E-state index in [-0.39, 0.29) is 0 Å². The lowest BCUT2D eigenvalue weighted by Crippen LogP contribution is -2.27. The topological polar surface area (TPSA) is 105 Å². The Hall–Kier alpha value is -2.18. The van der Waals surface area contributed by atoms with Gasteiger partial charge in [0.15, 0.2) is 11.4 Å². The third kappa shape index (κ3) is 3.66. The molecule has 1 unspecified atom stereocenters. The van der Waals surface area contributed by atoms with Crippen molar-refractivity contribution < 1.29 is 50.4 Å². The molecule has 0 bridgehead atoms. The highest BCUT2D eigenvalue weighted by atomic mass is 32.2. The van der Waals surface area contributed by atoms with E-state index < -0.39 is 68.3 Å². The number of hydrogen-bond acceptors (Lipinski definition) is 4. The van der Waals surface area contributed by atoms with Crippen molar-refractivity contribution in [1.82, 2.24) is 4.98 Å². The molecule has 2 N–H and O–H groups in total. The van der Waals surface area contributed by atoms with Crippen LogP contribution in [0.1, 0.15) is 39.0 Å². The average molecular weight is 379 g/mol. The maximum atomic E-state index is 12.9. The minimum absolute atomic E-state index is 0.612. The van der Waals surface area contributed by atoms with Gasteiger partial charge < -0.3 is 10.2 Å². The maximum absolute atomic E-state index is 12.9. The fraction of sp³-hybridized carbons (Fsp3) is 0.364. The van der Waals surface area contributed by atoms with Gasteiger partial charge in [0.1, 0.15) is 11.1 Å². The summed E-state index contributed by atoms with van der Waals surface area (Å²) in [6, 6.07) is 0. The second kappa shape index (κ2) is 6.37. The van der Waals surface area contributed by atoms with Crippen molar-refractivity contribution in [2.45, 2.75) is 24.2 Å². The van der Waals surface area contributed by atoms with Crippen LogP contribution in [-0.2, 0) is 23.2 Å². The van der Waals surface area contributed by atoms with E-state index in [1.54, 1.807) is 0 Å². The number of hydrogen-bond donors (Lipinski definition) is 2. The molecular formula is C11H7F6NO5S. The lowest BCUT2D eigenvalue weighted by atomic mass is 10.1. The monoisotopic (exact) mass is 379 g/mol. The highest BCUT2D eigenvalue weighted by Gasteiger charge is 2.47. The van der Waals surface area contributed by atoms with Gasteiger partial charge in [0.2, 0.25) is 0 Å². The van der Waals surface area contributed by atoms with Crippen LogP contribution in [0.15, 0.2) is 4.90 Å². The first kappa shape index (κ1) is 19.9. The van der Waals surface area contributed by atoms with Gasteiger partial charge in [0.05, 0.1) is 15.7 Å². The van der Waals surface area contributed by atoms with E-state index in [0.29, 0.717) is 0 Å². The predicted molar refractivity (Wildman–Crippen MR) is 65.1 cm³/mol. The summed E-state index contributed by atoms with van der Waals surface area (Å²) in [4.78, 5) is 22.8. The van der Waals surface area contributed by atoms with Crippen molar-refractivity contribution in [3.8, 4) is 0 Å². The van der Waals surface area contributed by atoms with Gasteiger partial charge in [-0.2, -0.15) is 26.3 Å². The van der Waals surface area contributed by atoms with E-state index >= 15 is 0 Å². The molecule has 6 nitrogen and oxygen atoms in total. The van der Waals surface area contributed by atoms with E-state index in [9.17, 15) is 40.1 Å². The van der Waals surface area contributed by atoms with E-state index in [0.717, 1.165) is 6.92 Å². The molecule has 1 rings (SSSR count). The fourth-order valence-electron chi connectivity index (χ4n) is 1.74. The van der Waals surface area contributed by atoms with Crippen LogP contribution >= 0.6 is 0 Å². The second-order valence-corrected chi connectivity index (χ2v) is 5.80. The van der Waals surface area contributed by atoms with Crippen molar-refractivity contribution in [2.75, 3.05) is 5.75 Å². The summed E-state index contributed by atoms with van der Waals surface area (Å²) in [6.45, 7) is 1.06. The van der Waals surface area contributed by atoms with Gasteiger partial charge in [-0.25, -0.2) is 14.6 Å². The van der Waals surface area contributed by atoms with Crippen LogP contribution in [-0.4, -0.2) is 37.1 Å². The quantitative estimate of drug-likeness (QED) is 0.780. The first-order valence-corrected chi connectivity index (χ1v) is 7.12. The Bertz CT molecular complexity index is 677. The molecule has 0 aliphatic rings. The zero-order valence-corrected chi connectivity index (χ0v) is 12.3. The standard InChI is InChI=1S/C11H7F6NO5S/c1-2-24(23)5-3(8(19)20)6(10(12,13)14)18-7(11(15,16)17)4(5)9(21)22/h2H2,1H3,(H,19,20)(H,21,22). The predicted octanol–water partition coefficient (Wildman–Crippen LogP) is 2.64. The number of carboxylic acid groups (broad SMARTS) is 2. The molecule has 0 aliphatic heterocycles. The van der Waals surface area contributed by atoms with Gasteiger partial charge in [-0.15, -0.1) is 0 Å². The minimum Gasteiger partial charge on any atom is -0.478 e. The van der Waals surface area contributed by atoms with Crippen LogP contribution in [0.5, 0.6) is 0 Å². The number of carbonyl (C=O) groups is 2. The molecule has 1 aromatic heterocycles. The second-order valence-electron chi connectivity index (χ2n) is 4.13. The average Bonchev–Trinajstić information content (AvgIpc) is 2.41. The zero-order chi connectivity index (χ0) is 19.0. The van der Waals surface area contributed by atoms with Crippen molar-refractivity contribution in [3.05, 3.63) is 22.5 Å². The van der Waals surface area contributed by atoms with Crippen LogP contribution in [0.2, 0.25) is 0 Å². The molecule has 0 saturated carbocycles. The normalized spacial score (nSPS) is 13.6. The van der Waals surface area contributed by atoms with Crippen LogP contribution in [0.25, 0.3) is 0 Å². The maximum Gasteiger partial charge on any atom is 0.434 e. The minimum atomic E-state index is -5.64. The number of halogens is 6. The van der Waals surface area contributed by atoms with E-state index in [2.05, 4.69) is 4.98 Å². The van der Waals surface area contributed by atoms with Crippen molar-refractivity contribution >= 4 is 22.7 Å². The summed E-state index contributed by atoms with van der Waals surface area (Å²) in [7, 11) is -2.75. The SMILES string of the molecule is CCS(=O)c1c(C(=O)O)c(C(F)(F)F)nc(C(F)(F)F)c1C(=O)O. The Morgan fingerprint density at radius 3 is 1.50 bits per heavy atom. The molecule has 134 valence electrons. The molecule has 0 aliphatic carbocycles. The largest absolute Gasteiger partial charge is 0.478 e. The van der Waals surface area contributed by atoms with E-state index in [4.69, 9.17) is 10.2 Å². The van der Waals surface area contributed by atoms with Gasteiger partial charge in [0, 0.05) is 5.75 Å². The lowest BCUT2D eigenvalue weighted by molar-refractivity contribution is -0.151. The summed E-state index contributed by atoms with van der Waals surface area (Å²) in [5.41, 5.74) is -8.70. The molecule has 0 saturated heterocycles. The molecule has 1 aromatic rings. The van der Waals surface area contributed by atoms with Crippen LogP contribution in [0.4, 0.5) is 26.3 Å². The van der Waals surface area contributed by atoms with Gasteiger partial charge >= 0.3 is 24.3 Å². The summed E-state index contributed by atoms with van der Waals surface area (Å²) in [6.07, 6.45) is -11.3. The van der Waals surface area contributed by atoms with Gasteiger partial charge in [0.25, 0.3) is 0 Å². The smallest absolute Gasteiger partial charge is 0.434 e. The third-order valence-corrected chi connectivity index (χ3v) is 3.99. The summed E-state index contributed by atoms with van der Waals surface area (Å²) < 4.78 is 89.3. The van der Waals surface area contributed by atoms with E-state index in [1.165, 1.54) is 0 Å². The summed E-state index contributed by atoms with van der Waals surface area (Å²) >= 11 is 0. The molecule has 0 amide bonds. The Morgan fingerprint density at radius 2 is 1.29 bits per heavy atom. The molecule has 13 heteroatoms. The molecule has 24 heavy (non-hydrogen) atoms. The van der Waals surface area contributed by atoms with Crippen LogP contribution in [0, 0.1) is 0 Å². The van der Waals surface area contributed by atoms with Crippen molar-refractivity contribution in [2.24, 2.45) is 0 Å². The number of rotatable bonds is 4. The number of alkyl halides is 6. The number of nitrogens with zero attached hydrogens (tertiary/aromatic N) is 1. The fourth-order valence-corrected chi connectivity index (χ4v) is 2.85. The van der Waals surface area contributed by atoms with Crippen LogP contribution in [0.3, 0.4) is 0 Å². The first-order valence-electron chi connectivity index (χ1n) is 5.80. The number of aromatic carboxylic acids is 2. The van der Waals surface area contributed by atoms with Crippen LogP contribution < -0.4 is 0 Å². The molecule has 1 atom stereocenters. The Balaban J connectivity index is 4.23. The Morgan fingerprint density at radius 1 is 0.958 bits per heavy atom. The molecule has 0 aromatic carbocycles. The number of pyridine rings is 1. The molecular weight excluding hydrogens is 372 g/mol. The first-order chi connectivity index (χ1) is 10.7. The Kier molecular flexibility index (Phi) is 5.28. The molecule has 0 radical (unpaired) electrons. The zero-order valence-electron chi connectivity index (χ0n) is 11.4.